The molecular weight excluding hydrogens is 284 g/mol. The molecule has 0 atom stereocenters. The van der Waals surface area contributed by atoms with E-state index < -0.39 is 5.97 Å². The molecule has 0 saturated carbocycles. The number of fused-ring (bicyclic) bond motifs is 1. The van der Waals surface area contributed by atoms with Crippen LogP contribution in [0.1, 0.15) is 35.5 Å². The average Bonchev–Trinajstić information content (AvgIpc) is 2.95. The van der Waals surface area contributed by atoms with Gasteiger partial charge >= 0.3 is 5.97 Å². The van der Waals surface area contributed by atoms with Crippen LogP contribution in [0.3, 0.4) is 0 Å². The maximum atomic E-state index is 11.0. The number of aromatic carboxylic acids is 1. The van der Waals surface area contributed by atoms with Gasteiger partial charge in [-0.3, -0.25) is 4.90 Å². The molecule has 22 heavy (non-hydrogen) atoms. The summed E-state index contributed by atoms with van der Waals surface area (Å²) >= 11 is 0. The minimum Gasteiger partial charge on any atom is -0.476 e. The first-order chi connectivity index (χ1) is 10.5. The van der Waals surface area contributed by atoms with E-state index in [-0.39, 0.29) is 11.6 Å². The fourth-order valence-corrected chi connectivity index (χ4v) is 2.60. The number of H-pyrrole nitrogens is 1. The smallest absolute Gasteiger partial charge is 0.359 e. The van der Waals surface area contributed by atoms with Gasteiger partial charge in [0.15, 0.2) is 0 Å². The van der Waals surface area contributed by atoms with E-state index in [2.05, 4.69) is 34.2 Å². The predicted octanol–water partition coefficient (Wildman–Crippen LogP) is 2.06. The van der Waals surface area contributed by atoms with Crippen LogP contribution in [0.2, 0.25) is 0 Å². The second kappa shape index (κ2) is 5.76. The highest BCUT2D eigenvalue weighted by Crippen LogP contribution is 2.28. The van der Waals surface area contributed by atoms with Crippen LogP contribution in [0, 0.1) is 0 Å². The van der Waals surface area contributed by atoms with Crippen molar-refractivity contribution in [1.82, 2.24) is 20.3 Å². The third-order valence-corrected chi connectivity index (χ3v) is 3.89. The van der Waals surface area contributed by atoms with Crippen molar-refractivity contribution >= 4 is 5.97 Å². The first kappa shape index (κ1) is 14.5. The highest BCUT2D eigenvalue weighted by atomic mass is 16.5. The summed E-state index contributed by atoms with van der Waals surface area (Å²) in [7, 11) is 0. The number of carbonyl (C=O) groups is 1. The lowest BCUT2D eigenvalue weighted by Gasteiger charge is -2.32. The topological polar surface area (TPSA) is 91.3 Å². The Morgan fingerprint density at radius 3 is 2.95 bits per heavy atom. The van der Waals surface area contributed by atoms with Crippen LogP contribution in [0.15, 0.2) is 18.2 Å². The number of carboxylic acids is 1. The highest BCUT2D eigenvalue weighted by Gasteiger charge is 2.20. The van der Waals surface area contributed by atoms with Gasteiger partial charge in [0, 0.05) is 19.1 Å². The van der Waals surface area contributed by atoms with Crippen molar-refractivity contribution in [3.63, 3.8) is 0 Å². The maximum Gasteiger partial charge on any atom is 0.359 e. The molecular formula is C15H18N4O3. The van der Waals surface area contributed by atoms with E-state index in [0.717, 1.165) is 19.5 Å². The number of ether oxygens (including phenoxy) is 1. The molecule has 0 saturated heterocycles. The van der Waals surface area contributed by atoms with Crippen LogP contribution in [-0.2, 0) is 13.0 Å². The molecule has 7 heteroatoms. The Hall–Kier alpha value is -2.41. The van der Waals surface area contributed by atoms with E-state index in [1.165, 1.54) is 11.1 Å². The van der Waals surface area contributed by atoms with Crippen molar-refractivity contribution in [3.05, 3.63) is 35.0 Å². The molecule has 116 valence electrons. The predicted molar refractivity (Wildman–Crippen MR) is 79.1 cm³/mol. The van der Waals surface area contributed by atoms with E-state index in [9.17, 15) is 4.79 Å². The third-order valence-electron chi connectivity index (χ3n) is 3.89. The monoisotopic (exact) mass is 302 g/mol. The van der Waals surface area contributed by atoms with Gasteiger partial charge in [-0.1, -0.05) is 16.4 Å². The Bertz CT molecular complexity index is 696. The number of hydrogen-bond donors (Lipinski definition) is 2. The molecule has 0 aliphatic carbocycles. The van der Waals surface area contributed by atoms with Crippen LogP contribution < -0.4 is 4.74 Å². The van der Waals surface area contributed by atoms with E-state index in [1.54, 1.807) is 0 Å². The first-order valence-corrected chi connectivity index (χ1v) is 7.22. The molecule has 1 aliphatic rings. The fourth-order valence-electron chi connectivity index (χ4n) is 2.60. The molecule has 0 bridgehead atoms. The molecule has 3 rings (SSSR count). The molecule has 2 aromatic rings. The lowest BCUT2D eigenvalue weighted by atomic mass is 9.98. The molecule has 7 nitrogen and oxygen atoms in total. The van der Waals surface area contributed by atoms with Crippen LogP contribution in [0.25, 0.3) is 0 Å². The minimum atomic E-state index is -1.15. The number of nitrogens with one attached hydrogen (secondary N) is 1. The largest absolute Gasteiger partial charge is 0.476 e. The normalized spacial score (nSPS) is 14.9. The maximum absolute atomic E-state index is 11.0. The van der Waals surface area contributed by atoms with Gasteiger partial charge in [-0.25, -0.2) is 9.89 Å². The minimum absolute atomic E-state index is 0.0212. The molecule has 0 radical (unpaired) electrons. The molecule has 1 aromatic heterocycles. The Kier molecular flexibility index (Phi) is 3.81. The molecule has 0 spiro atoms. The van der Waals surface area contributed by atoms with Crippen molar-refractivity contribution in [3.8, 4) is 11.6 Å². The number of nitrogens with zero attached hydrogens (tertiary/aromatic N) is 3. The Morgan fingerprint density at radius 2 is 2.23 bits per heavy atom. The Balaban J connectivity index is 1.80. The fraction of sp³-hybridized carbons (Fsp3) is 0.400. The quantitative estimate of drug-likeness (QED) is 0.898. The summed E-state index contributed by atoms with van der Waals surface area (Å²) in [6.45, 7) is 6.33. The SMILES string of the molecule is CC(C)N1CCc2cc(Oc3nn[nH]c3C(=O)O)ccc2C1. The number of rotatable bonds is 4. The van der Waals surface area contributed by atoms with Gasteiger partial charge in [0.25, 0.3) is 5.88 Å². The summed E-state index contributed by atoms with van der Waals surface area (Å²) in [6.07, 6.45) is 0.954. The first-order valence-electron chi connectivity index (χ1n) is 7.22. The summed E-state index contributed by atoms with van der Waals surface area (Å²) in [4.78, 5) is 13.4. The van der Waals surface area contributed by atoms with Crippen LogP contribution >= 0.6 is 0 Å². The van der Waals surface area contributed by atoms with E-state index >= 15 is 0 Å². The van der Waals surface area contributed by atoms with Crippen molar-refractivity contribution in [1.29, 1.82) is 0 Å². The van der Waals surface area contributed by atoms with E-state index in [4.69, 9.17) is 9.84 Å². The third kappa shape index (κ3) is 2.80. The van der Waals surface area contributed by atoms with Gasteiger partial charge in [0.1, 0.15) is 5.75 Å². The number of hydrogen-bond acceptors (Lipinski definition) is 5. The van der Waals surface area contributed by atoms with Crippen LogP contribution in [0.4, 0.5) is 0 Å². The van der Waals surface area contributed by atoms with Crippen molar-refractivity contribution in [2.24, 2.45) is 0 Å². The van der Waals surface area contributed by atoms with Crippen molar-refractivity contribution < 1.29 is 14.6 Å². The van der Waals surface area contributed by atoms with Gasteiger partial charge in [-0.15, -0.1) is 0 Å². The van der Waals surface area contributed by atoms with Gasteiger partial charge in [0.05, 0.1) is 0 Å². The molecule has 2 heterocycles. The van der Waals surface area contributed by atoms with Crippen LogP contribution in [-0.4, -0.2) is 44.0 Å². The van der Waals surface area contributed by atoms with Gasteiger partial charge < -0.3 is 9.84 Å². The molecule has 0 fully saturated rings. The summed E-state index contributed by atoms with van der Waals surface area (Å²) in [5, 5.41) is 18.5. The van der Waals surface area contributed by atoms with Gasteiger partial charge in [-0.2, -0.15) is 0 Å². The van der Waals surface area contributed by atoms with E-state index in [1.807, 2.05) is 18.2 Å². The Labute approximate surface area is 127 Å². The Morgan fingerprint density at radius 1 is 1.41 bits per heavy atom. The zero-order valence-corrected chi connectivity index (χ0v) is 12.5. The summed E-state index contributed by atoms with van der Waals surface area (Å²) < 4.78 is 5.55. The van der Waals surface area contributed by atoms with Gasteiger partial charge in [0.2, 0.25) is 5.69 Å². The lowest BCUT2D eigenvalue weighted by molar-refractivity contribution is 0.0687. The summed E-state index contributed by atoms with van der Waals surface area (Å²) in [6, 6.07) is 6.34. The zero-order valence-electron chi connectivity index (χ0n) is 12.5. The number of carboxylic acid groups (broad SMARTS) is 1. The zero-order chi connectivity index (χ0) is 15.7. The highest BCUT2D eigenvalue weighted by molar-refractivity contribution is 5.87. The second-order valence-electron chi connectivity index (χ2n) is 5.64. The lowest BCUT2D eigenvalue weighted by Crippen LogP contribution is -2.35. The molecule has 0 amide bonds. The number of aromatic amines is 1. The van der Waals surface area contributed by atoms with Crippen molar-refractivity contribution in [2.45, 2.75) is 32.9 Å². The summed E-state index contributed by atoms with van der Waals surface area (Å²) in [5.41, 5.74) is 2.37. The molecule has 1 aromatic carbocycles. The van der Waals surface area contributed by atoms with Crippen LogP contribution in [0.5, 0.6) is 11.6 Å². The summed E-state index contributed by atoms with van der Waals surface area (Å²) in [5.74, 6) is -0.592. The second-order valence-corrected chi connectivity index (χ2v) is 5.64. The van der Waals surface area contributed by atoms with Gasteiger partial charge in [-0.05, 0) is 43.5 Å². The molecule has 2 N–H and O–H groups in total. The molecule has 1 aliphatic heterocycles. The van der Waals surface area contributed by atoms with E-state index in [0.29, 0.717) is 11.8 Å². The van der Waals surface area contributed by atoms with Crippen molar-refractivity contribution in [2.75, 3.05) is 6.54 Å². The number of benzene rings is 1. The number of aromatic nitrogens is 3. The molecule has 0 unspecified atom stereocenters. The standard InChI is InChI=1S/C15H18N4O3/c1-9(2)19-6-5-10-7-12(4-3-11(10)8-19)22-14-13(15(20)21)16-18-17-14/h3-4,7,9H,5-6,8H2,1-2H3,(H,20,21)(H,16,17,18). The average molecular weight is 302 g/mol.